The van der Waals surface area contributed by atoms with Crippen molar-refractivity contribution >= 4 is 48.8 Å². The molecule has 166 valence electrons. The van der Waals surface area contributed by atoms with E-state index in [2.05, 4.69) is 20.6 Å². The van der Waals surface area contributed by atoms with Gasteiger partial charge in [-0.2, -0.15) is 18.2 Å². The van der Waals surface area contributed by atoms with Gasteiger partial charge in [0.2, 0.25) is 5.95 Å². The molecule has 11 heteroatoms. The quantitative estimate of drug-likeness (QED) is 0.390. The van der Waals surface area contributed by atoms with Gasteiger partial charge in [0.15, 0.2) is 15.7 Å². The van der Waals surface area contributed by atoms with Gasteiger partial charge in [0.25, 0.3) is 0 Å². The number of anilines is 3. The lowest BCUT2D eigenvalue weighted by atomic mass is 10.1. The lowest BCUT2D eigenvalue weighted by Crippen LogP contribution is -2.03. The fraction of sp³-hybridized carbons (Fsp3) is 0.143. The molecule has 0 spiro atoms. The maximum atomic E-state index is 12.9. The van der Waals surface area contributed by atoms with Crippen LogP contribution in [0.2, 0.25) is 0 Å². The summed E-state index contributed by atoms with van der Waals surface area (Å²) in [7, 11) is -1.72. The number of alkyl halides is 3. The summed E-state index contributed by atoms with van der Waals surface area (Å²) in [6, 6.07) is 13.1. The molecule has 2 aromatic carbocycles. The highest BCUT2D eigenvalue weighted by Gasteiger charge is 2.30. The standard InChI is InChI=1S/C21H17F3N4O2S2/c1-25-20-27-16-11-17(12-6-8-13(9-7-12)21(22,23)24)31-18(16)19(28-20)26-14-4-3-5-15(10-14)32(2,29)30/h3-11H,1-2H3,(H2,25,26,27,28). The van der Waals surface area contributed by atoms with Crippen LogP contribution in [0.15, 0.2) is 59.5 Å². The number of aromatic nitrogens is 2. The summed E-state index contributed by atoms with van der Waals surface area (Å²) >= 11 is 1.32. The number of rotatable bonds is 5. The lowest BCUT2D eigenvalue weighted by Gasteiger charge is -2.09. The maximum absolute atomic E-state index is 12.9. The summed E-state index contributed by atoms with van der Waals surface area (Å²) in [5.41, 5.74) is 1.04. The molecule has 32 heavy (non-hydrogen) atoms. The van der Waals surface area contributed by atoms with E-state index in [1.165, 1.54) is 35.6 Å². The Morgan fingerprint density at radius 1 is 1.00 bits per heavy atom. The van der Waals surface area contributed by atoms with Crippen molar-refractivity contribution in [2.24, 2.45) is 0 Å². The molecule has 0 bridgehead atoms. The van der Waals surface area contributed by atoms with Gasteiger partial charge in [-0.1, -0.05) is 18.2 Å². The van der Waals surface area contributed by atoms with E-state index in [1.807, 2.05) is 0 Å². The van der Waals surface area contributed by atoms with Crippen molar-refractivity contribution in [3.63, 3.8) is 0 Å². The van der Waals surface area contributed by atoms with Gasteiger partial charge in [-0.05, 0) is 42.0 Å². The van der Waals surface area contributed by atoms with Gasteiger partial charge in [-0.15, -0.1) is 11.3 Å². The first-order valence-electron chi connectivity index (χ1n) is 9.29. The predicted octanol–water partition coefficient (Wildman–Crippen LogP) is 5.57. The van der Waals surface area contributed by atoms with Gasteiger partial charge in [0.05, 0.1) is 20.7 Å². The fourth-order valence-electron chi connectivity index (χ4n) is 3.03. The van der Waals surface area contributed by atoms with Crippen LogP contribution in [-0.2, 0) is 16.0 Å². The number of sulfone groups is 1. The minimum atomic E-state index is -4.40. The molecule has 0 unspecified atom stereocenters. The number of halogens is 3. The van der Waals surface area contributed by atoms with Gasteiger partial charge < -0.3 is 10.6 Å². The molecule has 0 saturated carbocycles. The first kappa shape index (κ1) is 22.0. The second kappa shape index (κ2) is 8.06. The van der Waals surface area contributed by atoms with Crippen LogP contribution in [0.3, 0.4) is 0 Å². The number of hydrogen-bond acceptors (Lipinski definition) is 7. The van der Waals surface area contributed by atoms with E-state index < -0.39 is 21.6 Å². The number of fused-ring (bicyclic) bond motifs is 1. The second-order valence-electron chi connectivity index (χ2n) is 6.97. The topological polar surface area (TPSA) is 84.0 Å². The molecule has 6 nitrogen and oxygen atoms in total. The molecule has 0 aliphatic rings. The van der Waals surface area contributed by atoms with E-state index in [4.69, 9.17) is 0 Å². The normalized spacial score (nSPS) is 12.2. The minimum Gasteiger partial charge on any atom is -0.357 e. The molecule has 2 heterocycles. The molecule has 2 N–H and O–H groups in total. The number of thiophene rings is 1. The Morgan fingerprint density at radius 3 is 2.34 bits per heavy atom. The summed E-state index contributed by atoms with van der Waals surface area (Å²) in [6.07, 6.45) is -3.27. The largest absolute Gasteiger partial charge is 0.416 e. The number of hydrogen-bond donors (Lipinski definition) is 2. The Labute approximate surface area is 186 Å². The zero-order valence-corrected chi connectivity index (χ0v) is 18.5. The SMILES string of the molecule is CNc1nc(Nc2cccc(S(C)(=O)=O)c2)c2sc(-c3ccc(C(F)(F)F)cc3)cc2n1. The van der Waals surface area contributed by atoms with Crippen molar-refractivity contribution in [1.29, 1.82) is 0 Å². The van der Waals surface area contributed by atoms with Crippen LogP contribution in [0.4, 0.5) is 30.6 Å². The van der Waals surface area contributed by atoms with E-state index in [-0.39, 0.29) is 4.90 Å². The van der Waals surface area contributed by atoms with E-state index in [1.54, 1.807) is 25.2 Å². The highest BCUT2D eigenvalue weighted by atomic mass is 32.2. The van der Waals surface area contributed by atoms with Gasteiger partial charge in [0.1, 0.15) is 0 Å². The third kappa shape index (κ3) is 4.53. The number of nitrogens with one attached hydrogen (secondary N) is 2. The zero-order chi connectivity index (χ0) is 23.1. The van der Waals surface area contributed by atoms with Crippen molar-refractivity contribution in [3.05, 3.63) is 60.2 Å². The third-order valence-electron chi connectivity index (χ3n) is 4.62. The van der Waals surface area contributed by atoms with Crippen molar-refractivity contribution in [3.8, 4) is 10.4 Å². The summed E-state index contributed by atoms with van der Waals surface area (Å²) < 4.78 is 63.0. The summed E-state index contributed by atoms with van der Waals surface area (Å²) in [6.45, 7) is 0. The molecule has 0 radical (unpaired) electrons. The highest BCUT2D eigenvalue weighted by Crippen LogP contribution is 2.39. The summed E-state index contributed by atoms with van der Waals surface area (Å²) in [5.74, 6) is 0.796. The monoisotopic (exact) mass is 478 g/mol. The Kier molecular flexibility index (Phi) is 5.55. The Bertz CT molecular complexity index is 1400. The van der Waals surface area contributed by atoms with Gasteiger partial charge >= 0.3 is 6.18 Å². The molecule has 2 aromatic heterocycles. The van der Waals surface area contributed by atoms with Crippen LogP contribution in [0.25, 0.3) is 20.7 Å². The predicted molar refractivity (Wildman–Crippen MR) is 120 cm³/mol. The summed E-state index contributed by atoms with van der Waals surface area (Å²) in [4.78, 5) is 9.76. The number of benzene rings is 2. The lowest BCUT2D eigenvalue weighted by molar-refractivity contribution is -0.137. The van der Waals surface area contributed by atoms with E-state index in [9.17, 15) is 21.6 Å². The minimum absolute atomic E-state index is 0.165. The van der Waals surface area contributed by atoms with Gasteiger partial charge in [-0.25, -0.2) is 13.4 Å². The van der Waals surface area contributed by atoms with E-state index >= 15 is 0 Å². The molecule has 0 aliphatic heterocycles. The molecule has 4 rings (SSSR count). The molecule has 0 aliphatic carbocycles. The zero-order valence-electron chi connectivity index (χ0n) is 16.9. The Morgan fingerprint density at radius 2 is 1.72 bits per heavy atom. The first-order valence-corrected chi connectivity index (χ1v) is 12.0. The molecule has 0 amide bonds. The highest BCUT2D eigenvalue weighted by molar-refractivity contribution is 7.90. The van der Waals surface area contributed by atoms with Crippen LogP contribution in [0, 0.1) is 0 Å². The molecule has 0 saturated heterocycles. The van der Waals surface area contributed by atoms with Crippen LogP contribution in [-0.4, -0.2) is 31.7 Å². The van der Waals surface area contributed by atoms with Gasteiger partial charge in [0, 0.05) is 23.9 Å². The Hall–Kier alpha value is -3.18. The third-order valence-corrected chi connectivity index (χ3v) is 6.91. The Balaban J connectivity index is 1.76. The van der Waals surface area contributed by atoms with Crippen molar-refractivity contribution < 1.29 is 21.6 Å². The molecular formula is C21H17F3N4O2S2. The second-order valence-corrected chi connectivity index (χ2v) is 10.0. The first-order chi connectivity index (χ1) is 15.0. The van der Waals surface area contributed by atoms with Crippen molar-refractivity contribution in [2.45, 2.75) is 11.1 Å². The van der Waals surface area contributed by atoms with Crippen LogP contribution >= 0.6 is 11.3 Å². The average molecular weight is 479 g/mol. The van der Waals surface area contributed by atoms with Crippen LogP contribution in [0.5, 0.6) is 0 Å². The maximum Gasteiger partial charge on any atom is 0.416 e. The summed E-state index contributed by atoms with van der Waals surface area (Å²) in [5, 5.41) is 6.01. The van der Waals surface area contributed by atoms with E-state index in [0.717, 1.165) is 23.3 Å². The van der Waals surface area contributed by atoms with Crippen LogP contribution < -0.4 is 10.6 Å². The fourth-order valence-corrected chi connectivity index (χ4v) is 4.75. The average Bonchev–Trinajstić information content (AvgIpc) is 3.17. The van der Waals surface area contributed by atoms with E-state index in [0.29, 0.717) is 33.2 Å². The molecule has 0 fully saturated rings. The molecular weight excluding hydrogens is 461 g/mol. The van der Waals surface area contributed by atoms with Crippen LogP contribution in [0.1, 0.15) is 5.56 Å². The number of nitrogens with zero attached hydrogens (tertiary/aromatic N) is 2. The molecule has 0 atom stereocenters. The van der Waals surface area contributed by atoms with Crippen molar-refractivity contribution in [1.82, 2.24) is 9.97 Å². The van der Waals surface area contributed by atoms with Crippen molar-refractivity contribution in [2.75, 3.05) is 23.9 Å². The smallest absolute Gasteiger partial charge is 0.357 e. The molecule has 4 aromatic rings. The van der Waals surface area contributed by atoms with Gasteiger partial charge in [-0.3, -0.25) is 0 Å².